The predicted octanol–water partition coefficient (Wildman–Crippen LogP) is 6.10. The van der Waals surface area contributed by atoms with Crippen molar-refractivity contribution in [1.82, 2.24) is 19.4 Å². The Morgan fingerprint density at radius 2 is 2.10 bits per heavy atom. The van der Waals surface area contributed by atoms with Crippen LogP contribution < -0.4 is 10.1 Å². The maximum absolute atomic E-state index is 13.5. The van der Waals surface area contributed by atoms with Crippen molar-refractivity contribution in [3.05, 3.63) is 53.8 Å². The maximum atomic E-state index is 13.5. The Bertz CT molecular complexity index is 1090. The Morgan fingerprint density at radius 3 is 2.90 bits per heavy atom. The van der Waals surface area contributed by atoms with Gasteiger partial charge in [-0.2, -0.15) is 0 Å². The molecule has 0 atom stereocenters. The van der Waals surface area contributed by atoms with Crippen LogP contribution in [0.4, 0.5) is 19.6 Å². The Morgan fingerprint density at radius 1 is 1.20 bits per heavy atom. The first-order valence-corrected chi connectivity index (χ1v) is 10.6. The van der Waals surface area contributed by atoms with Crippen LogP contribution in [0.1, 0.15) is 38.2 Å². The average Bonchev–Trinajstić information content (AvgIpc) is 3.38. The third kappa shape index (κ3) is 4.56. The SMILES string of the molecule is CCCCCOc1ccc(Nc2nc(-c3cn4cccnc4n3)cs2)cc1C(F)F. The Labute approximate surface area is 176 Å². The number of aromatic nitrogens is 4. The van der Waals surface area contributed by atoms with Gasteiger partial charge in [-0.15, -0.1) is 11.3 Å². The van der Waals surface area contributed by atoms with Crippen LogP contribution in [-0.4, -0.2) is 26.0 Å². The van der Waals surface area contributed by atoms with Gasteiger partial charge in [0.1, 0.15) is 17.1 Å². The largest absolute Gasteiger partial charge is 0.493 e. The van der Waals surface area contributed by atoms with Crippen molar-refractivity contribution >= 4 is 27.9 Å². The summed E-state index contributed by atoms with van der Waals surface area (Å²) in [7, 11) is 0. The monoisotopic (exact) mass is 429 g/mol. The summed E-state index contributed by atoms with van der Waals surface area (Å²) in [6, 6.07) is 6.54. The molecule has 0 aliphatic rings. The molecule has 0 spiro atoms. The van der Waals surface area contributed by atoms with E-state index in [4.69, 9.17) is 4.74 Å². The normalized spacial score (nSPS) is 11.3. The number of halogens is 2. The summed E-state index contributed by atoms with van der Waals surface area (Å²) < 4.78 is 34.4. The number of fused-ring (bicyclic) bond motifs is 1. The molecule has 3 heterocycles. The quantitative estimate of drug-likeness (QED) is 0.326. The van der Waals surface area contributed by atoms with Crippen molar-refractivity contribution < 1.29 is 13.5 Å². The van der Waals surface area contributed by atoms with Gasteiger partial charge in [-0.25, -0.2) is 23.7 Å². The van der Waals surface area contributed by atoms with E-state index < -0.39 is 6.43 Å². The molecule has 30 heavy (non-hydrogen) atoms. The number of ether oxygens (including phenoxy) is 1. The fourth-order valence-corrected chi connectivity index (χ4v) is 3.71. The van der Waals surface area contributed by atoms with Gasteiger partial charge in [0.25, 0.3) is 6.43 Å². The van der Waals surface area contributed by atoms with Gasteiger partial charge in [0, 0.05) is 29.7 Å². The number of nitrogens with zero attached hydrogens (tertiary/aromatic N) is 4. The zero-order valence-corrected chi connectivity index (χ0v) is 17.2. The van der Waals surface area contributed by atoms with E-state index in [9.17, 15) is 8.78 Å². The van der Waals surface area contributed by atoms with E-state index in [1.165, 1.54) is 17.4 Å². The molecule has 9 heteroatoms. The fraction of sp³-hybridized carbons (Fsp3) is 0.286. The summed E-state index contributed by atoms with van der Waals surface area (Å²) in [5.41, 5.74) is 1.79. The number of nitrogens with one attached hydrogen (secondary N) is 1. The van der Waals surface area contributed by atoms with Crippen molar-refractivity contribution in [2.75, 3.05) is 11.9 Å². The van der Waals surface area contributed by atoms with E-state index in [1.807, 2.05) is 28.2 Å². The summed E-state index contributed by atoms with van der Waals surface area (Å²) in [5, 5.41) is 5.55. The van der Waals surface area contributed by atoms with Gasteiger partial charge in [-0.05, 0) is 30.7 Å². The Balaban J connectivity index is 1.49. The smallest absolute Gasteiger partial charge is 0.267 e. The molecule has 4 aromatic rings. The minimum absolute atomic E-state index is 0.125. The van der Waals surface area contributed by atoms with Crippen molar-refractivity contribution in [3.8, 4) is 17.1 Å². The second-order valence-corrected chi connectivity index (χ2v) is 7.58. The fourth-order valence-electron chi connectivity index (χ4n) is 2.99. The molecule has 156 valence electrons. The third-order valence-corrected chi connectivity index (χ3v) is 5.26. The van der Waals surface area contributed by atoms with Gasteiger partial charge in [-0.3, -0.25) is 4.40 Å². The van der Waals surface area contributed by atoms with Crippen LogP contribution in [0, 0.1) is 0 Å². The number of imidazole rings is 1. The van der Waals surface area contributed by atoms with E-state index in [0.29, 0.717) is 34.6 Å². The summed E-state index contributed by atoms with van der Waals surface area (Å²) in [5.74, 6) is 0.815. The van der Waals surface area contributed by atoms with Crippen LogP contribution >= 0.6 is 11.3 Å². The van der Waals surface area contributed by atoms with E-state index in [2.05, 4.69) is 27.2 Å². The summed E-state index contributed by atoms with van der Waals surface area (Å²) in [6.07, 6.45) is 5.68. The molecule has 1 aromatic carbocycles. The second kappa shape index (κ2) is 9.17. The highest BCUT2D eigenvalue weighted by atomic mass is 32.1. The molecular weight excluding hydrogens is 408 g/mol. The van der Waals surface area contributed by atoms with Gasteiger partial charge >= 0.3 is 0 Å². The van der Waals surface area contributed by atoms with Crippen LogP contribution in [0.25, 0.3) is 17.2 Å². The second-order valence-electron chi connectivity index (χ2n) is 6.72. The van der Waals surface area contributed by atoms with Crippen LogP contribution in [0.15, 0.2) is 48.2 Å². The molecule has 0 fully saturated rings. The van der Waals surface area contributed by atoms with E-state index in [-0.39, 0.29) is 11.3 Å². The lowest BCUT2D eigenvalue weighted by Crippen LogP contribution is -2.01. The van der Waals surface area contributed by atoms with Crippen molar-refractivity contribution in [2.24, 2.45) is 0 Å². The lowest BCUT2D eigenvalue weighted by molar-refractivity contribution is 0.145. The maximum Gasteiger partial charge on any atom is 0.267 e. The number of thiazole rings is 1. The third-order valence-electron chi connectivity index (χ3n) is 4.50. The predicted molar refractivity (Wildman–Crippen MR) is 114 cm³/mol. The minimum atomic E-state index is -2.62. The van der Waals surface area contributed by atoms with Crippen molar-refractivity contribution in [3.63, 3.8) is 0 Å². The van der Waals surface area contributed by atoms with E-state index in [1.54, 1.807) is 18.3 Å². The minimum Gasteiger partial charge on any atom is -0.493 e. The molecule has 0 amide bonds. The number of rotatable bonds is 9. The number of benzene rings is 1. The van der Waals surface area contributed by atoms with Gasteiger partial charge in [0.05, 0.1) is 12.2 Å². The number of unbranched alkanes of at least 4 members (excludes halogenated alkanes) is 2. The first kappa shape index (κ1) is 20.2. The number of anilines is 2. The topological polar surface area (TPSA) is 64.3 Å². The van der Waals surface area contributed by atoms with Crippen LogP contribution in [0.5, 0.6) is 5.75 Å². The summed E-state index contributed by atoms with van der Waals surface area (Å²) in [6.45, 7) is 2.52. The highest BCUT2D eigenvalue weighted by Crippen LogP contribution is 2.34. The standard InChI is InChI=1S/C21H21F2N5OS/c1-2-3-4-10-29-18-7-6-14(11-15(18)19(22)23)25-21-27-17(13-30-21)16-12-28-9-5-8-24-20(28)26-16/h5-9,11-13,19H,2-4,10H2,1H3,(H,25,27). The van der Waals surface area contributed by atoms with Gasteiger partial charge in [0.2, 0.25) is 5.78 Å². The Hall–Kier alpha value is -3.07. The lowest BCUT2D eigenvalue weighted by Gasteiger charge is -2.13. The molecule has 3 aromatic heterocycles. The van der Waals surface area contributed by atoms with Crippen LogP contribution in [0.2, 0.25) is 0 Å². The number of hydrogen-bond donors (Lipinski definition) is 1. The molecular formula is C21H21F2N5OS. The molecule has 1 N–H and O–H groups in total. The molecule has 0 bridgehead atoms. The van der Waals surface area contributed by atoms with Crippen molar-refractivity contribution in [1.29, 1.82) is 0 Å². The lowest BCUT2D eigenvalue weighted by atomic mass is 10.2. The number of hydrogen-bond acceptors (Lipinski definition) is 6. The molecule has 0 saturated carbocycles. The van der Waals surface area contributed by atoms with E-state index in [0.717, 1.165) is 19.3 Å². The molecule has 6 nitrogen and oxygen atoms in total. The zero-order valence-electron chi connectivity index (χ0n) is 16.4. The molecule has 0 saturated heterocycles. The highest BCUT2D eigenvalue weighted by molar-refractivity contribution is 7.14. The Kier molecular flexibility index (Phi) is 6.18. The average molecular weight is 429 g/mol. The summed E-state index contributed by atoms with van der Waals surface area (Å²) >= 11 is 1.38. The molecule has 0 unspecified atom stereocenters. The first-order chi connectivity index (χ1) is 14.6. The number of alkyl halides is 2. The van der Waals surface area contributed by atoms with Gasteiger partial charge < -0.3 is 10.1 Å². The molecule has 0 aliphatic heterocycles. The van der Waals surface area contributed by atoms with Gasteiger partial charge in [-0.1, -0.05) is 19.8 Å². The van der Waals surface area contributed by atoms with E-state index >= 15 is 0 Å². The first-order valence-electron chi connectivity index (χ1n) is 9.71. The molecule has 4 rings (SSSR count). The zero-order chi connectivity index (χ0) is 20.9. The van der Waals surface area contributed by atoms with Crippen molar-refractivity contribution in [2.45, 2.75) is 32.6 Å². The highest BCUT2D eigenvalue weighted by Gasteiger charge is 2.16. The van der Waals surface area contributed by atoms with Gasteiger partial charge in [0.15, 0.2) is 5.13 Å². The van der Waals surface area contributed by atoms with Crippen LogP contribution in [-0.2, 0) is 0 Å². The molecule has 0 radical (unpaired) electrons. The molecule has 0 aliphatic carbocycles. The van der Waals surface area contributed by atoms with Crippen LogP contribution in [0.3, 0.4) is 0 Å². The summed E-state index contributed by atoms with van der Waals surface area (Å²) in [4.78, 5) is 13.2.